The van der Waals surface area contributed by atoms with Crippen molar-refractivity contribution in [1.82, 2.24) is 10.3 Å². The van der Waals surface area contributed by atoms with Gasteiger partial charge in [-0.2, -0.15) is 0 Å². The standard InChI is InChI=1S/C10H13N3O3/c1-6(9(14)11-2)12-8-5-3-4-7(13-8)10(15)16/h3-6H,1-2H3,(H,11,14)(H,12,13)(H,15,16). The lowest BCUT2D eigenvalue weighted by Crippen LogP contribution is -2.35. The van der Waals surface area contributed by atoms with Gasteiger partial charge in [-0.3, -0.25) is 4.79 Å². The van der Waals surface area contributed by atoms with Crippen LogP contribution in [0, 0.1) is 0 Å². The monoisotopic (exact) mass is 223 g/mol. The summed E-state index contributed by atoms with van der Waals surface area (Å²) in [5, 5.41) is 14.0. The first kappa shape index (κ1) is 12.0. The van der Waals surface area contributed by atoms with E-state index in [0.29, 0.717) is 5.82 Å². The Labute approximate surface area is 92.7 Å². The van der Waals surface area contributed by atoms with Gasteiger partial charge in [0.2, 0.25) is 5.91 Å². The highest BCUT2D eigenvalue weighted by atomic mass is 16.4. The number of nitrogens with zero attached hydrogens (tertiary/aromatic N) is 1. The minimum absolute atomic E-state index is 0.0610. The second kappa shape index (κ2) is 5.11. The molecular formula is C10H13N3O3. The number of carboxylic acids is 1. The van der Waals surface area contributed by atoms with E-state index in [9.17, 15) is 9.59 Å². The van der Waals surface area contributed by atoms with Gasteiger partial charge in [0.15, 0.2) is 5.69 Å². The van der Waals surface area contributed by atoms with E-state index in [1.807, 2.05) is 0 Å². The molecule has 1 aromatic heterocycles. The first-order valence-corrected chi connectivity index (χ1v) is 4.73. The molecule has 0 aliphatic rings. The van der Waals surface area contributed by atoms with Crippen LogP contribution in [0.3, 0.4) is 0 Å². The lowest BCUT2D eigenvalue weighted by molar-refractivity contribution is -0.121. The Kier molecular flexibility index (Phi) is 3.82. The molecule has 1 atom stereocenters. The summed E-state index contributed by atoms with van der Waals surface area (Å²) in [6.45, 7) is 1.66. The zero-order chi connectivity index (χ0) is 12.1. The number of aromatic nitrogens is 1. The molecule has 0 saturated carbocycles. The topological polar surface area (TPSA) is 91.3 Å². The van der Waals surface area contributed by atoms with E-state index in [1.165, 1.54) is 13.1 Å². The number of anilines is 1. The number of aromatic carboxylic acids is 1. The Bertz CT molecular complexity index is 406. The maximum Gasteiger partial charge on any atom is 0.354 e. The van der Waals surface area contributed by atoms with Crippen LogP contribution in [-0.4, -0.2) is 35.1 Å². The lowest BCUT2D eigenvalue weighted by Gasteiger charge is -2.12. The third-order valence-corrected chi connectivity index (χ3v) is 1.97. The third kappa shape index (κ3) is 2.94. The van der Waals surface area contributed by atoms with Gasteiger partial charge in [0.25, 0.3) is 0 Å². The van der Waals surface area contributed by atoms with Gasteiger partial charge in [0, 0.05) is 7.05 Å². The number of pyridine rings is 1. The molecule has 0 aliphatic heterocycles. The highest BCUT2D eigenvalue weighted by molar-refractivity contribution is 5.86. The molecule has 0 fully saturated rings. The summed E-state index contributed by atoms with van der Waals surface area (Å²) in [7, 11) is 1.53. The molecule has 16 heavy (non-hydrogen) atoms. The van der Waals surface area contributed by atoms with Crippen LogP contribution >= 0.6 is 0 Å². The Morgan fingerprint density at radius 1 is 1.44 bits per heavy atom. The molecule has 1 aromatic rings. The molecule has 3 N–H and O–H groups in total. The van der Waals surface area contributed by atoms with Gasteiger partial charge >= 0.3 is 5.97 Å². The van der Waals surface area contributed by atoms with Crippen LogP contribution in [0.1, 0.15) is 17.4 Å². The number of rotatable bonds is 4. The Hall–Kier alpha value is -2.11. The summed E-state index contributed by atoms with van der Waals surface area (Å²) < 4.78 is 0. The minimum Gasteiger partial charge on any atom is -0.477 e. The van der Waals surface area contributed by atoms with Crippen LogP contribution in [0.25, 0.3) is 0 Å². The molecule has 0 spiro atoms. The largest absolute Gasteiger partial charge is 0.477 e. The predicted octanol–water partition coefficient (Wildman–Crippen LogP) is 0.326. The Balaban J connectivity index is 2.78. The first-order chi connectivity index (χ1) is 7.54. The maximum absolute atomic E-state index is 11.2. The van der Waals surface area contributed by atoms with Gasteiger partial charge in [-0.15, -0.1) is 0 Å². The molecule has 0 saturated heterocycles. The van der Waals surface area contributed by atoms with E-state index in [4.69, 9.17) is 5.11 Å². The third-order valence-electron chi connectivity index (χ3n) is 1.97. The van der Waals surface area contributed by atoms with Crippen molar-refractivity contribution < 1.29 is 14.7 Å². The van der Waals surface area contributed by atoms with Crippen LogP contribution in [0.15, 0.2) is 18.2 Å². The van der Waals surface area contributed by atoms with Crippen molar-refractivity contribution in [3.05, 3.63) is 23.9 Å². The molecular weight excluding hydrogens is 210 g/mol. The van der Waals surface area contributed by atoms with E-state index in [0.717, 1.165) is 0 Å². The number of hydrogen-bond donors (Lipinski definition) is 3. The summed E-state index contributed by atoms with van der Waals surface area (Å²) in [5.74, 6) is -0.935. The molecule has 6 heteroatoms. The molecule has 1 amide bonds. The number of carbonyl (C=O) groups excluding carboxylic acids is 1. The maximum atomic E-state index is 11.2. The zero-order valence-corrected chi connectivity index (χ0v) is 9.02. The van der Waals surface area contributed by atoms with Crippen molar-refractivity contribution in [2.75, 3.05) is 12.4 Å². The number of amides is 1. The normalized spacial score (nSPS) is 11.6. The van der Waals surface area contributed by atoms with Gasteiger partial charge in [-0.05, 0) is 19.1 Å². The summed E-state index contributed by atoms with van der Waals surface area (Å²) in [5.41, 5.74) is -0.0610. The molecule has 1 unspecified atom stereocenters. The second-order valence-corrected chi connectivity index (χ2v) is 3.19. The molecule has 6 nitrogen and oxygen atoms in total. The van der Waals surface area contributed by atoms with Gasteiger partial charge < -0.3 is 15.7 Å². The second-order valence-electron chi connectivity index (χ2n) is 3.19. The molecule has 0 aliphatic carbocycles. The van der Waals surface area contributed by atoms with Crippen LogP contribution in [-0.2, 0) is 4.79 Å². The number of nitrogens with one attached hydrogen (secondary N) is 2. The summed E-state index contributed by atoms with van der Waals surface area (Å²) in [6, 6.07) is 4.08. The van der Waals surface area contributed by atoms with Gasteiger partial charge in [-0.25, -0.2) is 9.78 Å². The fourth-order valence-electron chi connectivity index (χ4n) is 1.14. The zero-order valence-electron chi connectivity index (χ0n) is 9.02. The minimum atomic E-state index is -1.10. The molecule has 0 bridgehead atoms. The lowest BCUT2D eigenvalue weighted by atomic mass is 10.3. The van der Waals surface area contributed by atoms with E-state index < -0.39 is 12.0 Å². The van der Waals surface area contributed by atoms with Crippen molar-refractivity contribution in [3.63, 3.8) is 0 Å². The molecule has 1 rings (SSSR count). The van der Waals surface area contributed by atoms with Gasteiger partial charge in [0.05, 0.1) is 0 Å². The highest BCUT2D eigenvalue weighted by Gasteiger charge is 2.12. The number of likely N-dealkylation sites (N-methyl/N-ethyl adjacent to an activating group) is 1. The summed E-state index contributed by atoms with van der Waals surface area (Å²) >= 11 is 0. The van der Waals surface area contributed by atoms with Gasteiger partial charge in [-0.1, -0.05) is 6.07 Å². The van der Waals surface area contributed by atoms with Crippen molar-refractivity contribution >= 4 is 17.7 Å². The SMILES string of the molecule is CNC(=O)C(C)Nc1cccc(C(=O)O)n1. The molecule has 0 radical (unpaired) electrons. The number of hydrogen-bond acceptors (Lipinski definition) is 4. The van der Waals surface area contributed by atoms with Gasteiger partial charge in [0.1, 0.15) is 11.9 Å². The predicted molar refractivity (Wildman–Crippen MR) is 58.3 cm³/mol. The fourth-order valence-corrected chi connectivity index (χ4v) is 1.14. The van der Waals surface area contributed by atoms with E-state index in [-0.39, 0.29) is 11.6 Å². The highest BCUT2D eigenvalue weighted by Crippen LogP contribution is 2.06. The molecule has 86 valence electrons. The quantitative estimate of drug-likeness (QED) is 0.684. The van der Waals surface area contributed by atoms with Crippen LogP contribution in [0.4, 0.5) is 5.82 Å². The van der Waals surface area contributed by atoms with Crippen molar-refractivity contribution in [2.24, 2.45) is 0 Å². The Morgan fingerprint density at radius 3 is 2.69 bits per heavy atom. The van der Waals surface area contributed by atoms with Crippen LogP contribution < -0.4 is 10.6 Å². The average Bonchev–Trinajstić information content (AvgIpc) is 2.28. The van der Waals surface area contributed by atoms with Crippen molar-refractivity contribution in [2.45, 2.75) is 13.0 Å². The Morgan fingerprint density at radius 2 is 2.12 bits per heavy atom. The molecule has 0 aromatic carbocycles. The van der Waals surface area contributed by atoms with Crippen LogP contribution in [0.5, 0.6) is 0 Å². The van der Waals surface area contributed by atoms with Crippen LogP contribution in [0.2, 0.25) is 0 Å². The smallest absolute Gasteiger partial charge is 0.354 e. The fraction of sp³-hybridized carbons (Fsp3) is 0.300. The summed E-state index contributed by atoms with van der Waals surface area (Å²) in [4.78, 5) is 25.7. The van der Waals surface area contributed by atoms with Crippen molar-refractivity contribution in [1.29, 1.82) is 0 Å². The van der Waals surface area contributed by atoms with E-state index in [2.05, 4.69) is 15.6 Å². The van der Waals surface area contributed by atoms with E-state index in [1.54, 1.807) is 19.1 Å². The molecule has 1 heterocycles. The van der Waals surface area contributed by atoms with E-state index >= 15 is 0 Å². The van der Waals surface area contributed by atoms with Crippen molar-refractivity contribution in [3.8, 4) is 0 Å². The summed E-state index contributed by atoms with van der Waals surface area (Å²) in [6.07, 6.45) is 0. The average molecular weight is 223 g/mol. The number of carbonyl (C=O) groups is 2. The first-order valence-electron chi connectivity index (χ1n) is 4.73. The number of carboxylic acid groups (broad SMARTS) is 1.